The number of halogens is 1. The molecular formula is C13H14FN3O. The lowest BCUT2D eigenvalue weighted by atomic mass is 10.2. The quantitative estimate of drug-likeness (QED) is 0.852. The Kier molecular flexibility index (Phi) is 3.96. The van der Waals surface area contributed by atoms with Gasteiger partial charge in [0.25, 0.3) is 0 Å². The van der Waals surface area contributed by atoms with Gasteiger partial charge in [0.15, 0.2) is 0 Å². The first-order valence-electron chi connectivity index (χ1n) is 5.55. The molecule has 0 aliphatic rings. The van der Waals surface area contributed by atoms with E-state index in [0.717, 1.165) is 11.4 Å². The maximum absolute atomic E-state index is 12.1. The summed E-state index contributed by atoms with van der Waals surface area (Å²) < 4.78 is 17.4. The van der Waals surface area contributed by atoms with Crippen LogP contribution in [0.3, 0.4) is 0 Å². The minimum absolute atomic E-state index is 0.0323. The van der Waals surface area contributed by atoms with Crippen molar-refractivity contribution in [3.05, 3.63) is 42.7 Å². The smallest absolute Gasteiger partial charge is 0.142 e. The molecule has 4 nitrogen and oxygen atoms in total. The summed E-state index contributed by atoms with van der Waals surface area (Å²) in [5, 5.41) is 3.14. The largest absolute Gasteiger partial charge is 0.489 e. The summed E-state index contributed by atoms with van der Waals surface area (Å²) in [6, 6.07) is 9.07. The number of nitrogens with one attached hydrogen (secondary N) is 1. The highest BCUT2D eigenvalue weighted by Gasteiger charge is 2.05. The fourth-order valence-corrected chi connectivity index (χ4v) is 1.51. The highest BCUT2D eigenvalue weighted by atomic mass is 19.1. The zero-order chi connectivity index (χ0) is 12.8. The minimum atomic E-state index is -0.522. The molecule has 3 N–H and O–H groups in total. The summed E-state index contributed by atoms with van der Waals surface area (Å²) >= 11 is 0. The van der Waals surface area contributed by atoms with Crippen molar-refractivity contribution in [2.24, 2.45) is 0 Å². The standard InChI is InChI=1S/C13H14FN3O/c14-6-8-18-13-4-2-1-3-12(13)17-11-5-7-16-9-10(11)15/h1-5,7,9H,6,8,15H2,(H,16,17). The number of anilines is 3. The first kappa shape index (κ1) is 12.2. The number of alkyl halides is 1. The van der Waals surface area contributed by atoms with Crippen molar-refractivity contribution in [3.63, 3.8) is 0 Å². The molecule has 1 aromatic heterocycles. The van der Waals surface area contributed by atoms with E-state index in [4.69, 9.17) is 10.5 Å². The van der Waals surface area contributed by atoms with E-state index >= 15 is 0 Å². The average Bonchev–Trinajstić information content (AvgIpc) is 2.40. The van der Waals surface area contributed by atoms with E-state index in [0.29, 0.717) is 11.4 Å². The van der Waals surface area contributed by atoms with Crippen LogP contribution >= 0.6 is 0 Å². The van der Waals surface area contributed by atoms with E-state index in [9.17, 15) is 4.39 Å². The maximum atomic E-state index is 12.1. The number of hydrogen-bond donors (Lipinski definition) is 2. The minimum Gasteiger partial charge on any atom is -0.489 e. The van der Waals surface area contributed by atoms with Crippen LogP contribution in [0.5, 0.6) is 5.75 Å². The second kappa shape index (κ2) is 5.86. The van der Waals surface area contributed by atoms with Gasteiger partial charge in [-0.3, -0.25) is 4.98 Å². The number of aromatic nitrogens is 1. The van der Waals surface area contributed by atoms with Crippen LogP contribution in [-0.2, 0) is 0 Å². The lowest BCUT2D eigenvalue weighted by Gasteiger charge is -2.13. The highest BCUT2D eigenvalue weighted by Crippen LogP contribution is 2.29. The number of rotatable bonds is 5. The van der Waals surface area contributed by atoms with Crippen LogP contribution in [-0.4, -0.2) is 18.3 Å². The molecule has 0 spiro atoms. The molecule has 2 rings (SSSR count). The molecule has 0 saturated carbocycles. The third-order valence-electron chi connectivity index (χ3n) is 2.34. The van der Waals surface area contributed by atoms with Crippen molar-refractivity contribution in [2.75, 3.05) is 24.3 Å². The fourth-order valence-electron chi connectivity index (χ4n) is 1.51. The Hall–Kier alpha value is -2.30. The van der Waals surface area contributed by atoms with Gasteiger partial charge in [-0.25, -0.2) is 4.39 Å². The lowest BCUT2D eigenvalue weighted by Crippen LogP contribution is -2.02. The highest BCUT2D eigenvalue weighted by molar-refractivity contribution is 5.74. The topological polar surface area (TPSA) is 60.2 Å². The third kappa shape index (κ3) is 2.88. The van der Waals surface area contributed by atoms with Gasteiger partial charge in [-0.15, -0.1) is 0 Å². The molecule has 0 fully saturated rings. The van der Waals surface area contributed by atoms with E-state index < -0.39 is 6.67 Å². The Morgan fingerprint density at radius 3 is 2.83 bits per heavy atom. The van der Waals surface area contributed by atoms with Crippen LogP contribution in [0.1, 0.15) is 0 Å². The summed E-state index contributed by atoms with van der Waals surface area (Å²) in [6.07, 6.45) is 3.21. The molecule has 18 heavy (non-hydrogen) atoms. The molecule has 0 atom stereocenters. The maximum Gasteiger partial charge on any atom is 0.142 e. The Morgan fingerprint density at radius 1 is 1.22 bits per heavy atom. The number of ether oxygens (including phenoxy) is 1. The Labute approximate surface area is 105 Å². The molecule has 0 unspecified atom stereocenters. The Balaban J connectivity index is 2.21. The van der Waals surface area contributed by atoms with Crippen molar-refractivity contribution in [3.8, 4) is 5.75 Å². The van der Waals surface area contributed by atoms with E-state index in [2.05, 4.69) is 10.3 Å². The van der Waals surface area contributed by atoms with E-state index in [-0.39, 0.29) is 6.61 Å². The number of benzene rings is 1. The van der Waals surface area contributed by atoms with Crippen molar-refractivity contribution in [2.45, 2.75) is 0 Å². The molecule has 0 saturated heterocycles. The summed E-state index contributed by atoms with van der Waals surface area (Å²) in [5.41, 5.74) is 7.81. The Morgan fingerprint density at radius 2 is 2.06 bits per heavy atom. The predicted molar refractivity (Wildman–Crippen MR) is 69.8 cm³/mol. The molecule has 5 heteroatoms. The number of para-hydroxylation sites is 2. The number of hydrogen-bond acceptors (Lipinski definition) is 4. The van der Waals surface area contributed by atoms with Crippen molar-refractivity contribution in [1.82, 2.24) is 4.98 Å². The van der Waals surface area contributed by atoms with Gasteiger partial charge in [0, 0.05) is 6.20 Å². The van der Waals surface area contributed by atoms with Crippen LogP contribution in [0.4, 0.5) is 21.5 Å². The molecule has 1 aromatic carbocycles. The second-order valence-corrected chi connectivity index (χ2v) is 3.62. The molecule has 0 bridgehead atoms. The van der Waals surface area contributed by atoms with E-state index in [1.807, 2.05) is 18.2 Å². The molecule has 2 aromatic rings. The molecular weight excluding hydrogens is 233 g/mol. The van der Waals surface area contributed by atoms with Gasteiger partial charge in [-0.05, 0) is 18.2 Å². The first-order chi connectivity index (χ1) is 8.81. The average molecular weight is 247 g/mol. The monoisotopic (exact) mass is 247 g/mol. The Bertz CT molecular complexity index is 519. The van der Waals surface area contributed by atoms with Crippen molar-refractivity contribution < 1.29 is 9.13 Å². The summed E-state index contributed by atoms with van der Waals surface area (Å²) in [5.74, 6) is 0.589. The second-order valence-electron chi connectivity index (χ2n) is 3.62. The van der Waals surface area contributed by atoms with Crippen molar-refractivity contribution >= 4 is 17.1 Å². The fraction of sp³-hybridized carbons (Fsp3) is 0.154. The normalized spacial score (nSPS) is 10.1. The zero-order valence-corrected chi connectivity index (χ0v) is 9.77. The van der Waals surface area contributed by atoms with E-state index in [1.54, 1.807) is 24.5 Å². The van der Waals surface area contributed by atoms with Gasteiger partial charge in [-0.2, -0.15) is 0 Å². The summed E-state index contributed by atoms with van der Waals surface area (Å²) in [6.45, 7) is -0.490. The van der Waals surface area contributed by atoms with Gasteiger partial charge in [-0.1, -0.05) is 12.1 Å². The number of pyridine rings is 1. The number of nitrogen functional groups attached to an aromatic ring is 1. The predicted octanol–water partition coefficient (Wildman–Crippen LogP) is 2.76. The van der Waals surface area contributed by atoms with Crippen LogP contribution in [0.15, 0.2) is 42.7 Å². The van der Waals surface area contributed by atoms with Crippen molar-refractivity contribution in [1.29, 1.82) is 0 Å². The third-order valence-corrected chi connectivity index (χ3v) is 2.34. The first-order valence-corrected chi connectivity index (χ1v) is 5.55. The molecule has 0 aliphatic heterocycles. The number of nitrogens with two attached hydrogens (primary N) is 1. The van der Waals surface area contributed by atoms with Crippen LogP contribution in [0.2, 0.25) is 0 Å². The molecule has 0 amide bonds. The van der Waals surface area contributed by atoms with Gasteiger partial charge in [0.05, 0.1) is 23.3 Å². The molecule has 94 valence electrons. The van der Waals surface area contributed by atoms with Crippen LogP contribution < -0.4 is 15.8 Å². The van der Waals surface area contributed by atoms with Crippen LogP contribution in [0.25, 0.3) is 0 Å². The van der Waals surface area contributed by atoms with Gasteiger partial charge in [0.1, 0.15) is 19.0 Å². The molecule has 0 aliphatic carbocycles. The van der Waals surface area contributed by atoms with E-state index in [1.165, 1.54) is 0 Å². The summed E-state index contributed by atoms with van der Waals surface area (Å²) in [7, 11) is 0. The molecule has 0 radical (unpaired) electrons. The van der Waals surface area contributed by atoms with Gasteiger partial charge < -0.3 is 15.8 Å². The zero-order valence-electron chi connectivity index (χ0n) is 9.77. The molecule has 1 heterocycles. The SMILES string of the molecule is Nc1cnccc1Nc1ccccc1OCCF. The van der Waals surface area contributed by atoms with Gasteiger partial charge >= 0.3 is 0 Å². The van der Waals surface area contributed by atoms with Gasteiger partial charge in [0.2, 0.25) is 0 Å². The van der Waals surface area contributed by atoms with Crippen LogP contribution in [0, 0.1) is 0 Å². The summed E-state index contributed by atoms with van der Waals surface area (Å²) in [4.78, 5) is 3.91. The number of nitrogens with zero attached hydrogens (tertiary/aromatic N) is 1. The lowest BCUT2D eigenvalue weighted by molar-refractivity contribution is 0.274.